The second-order valence-electron chi connectivity index (χ2n) is 2.61. The third-order valence-electron chi connectivity index (χ3n) is 2.08. The lowest BCUT2D eigenvalue weighted by molar-refractivity contribution is 0.353. The normalized spacial score (nSPS) is 26.1. The van der Waals surface area contributed by atoms with Crippen LogP contribution in [0.15, 0.2) is 0 Å². The second-order valence-corrected chi connectivity index (χ2v) is 4.76. The first-order chi connectivity index (χ1) is 5.12. The molecule has 0 aromatic rings. The van der Waals surface area contributed by atoms with E-state index in [0.717, 1.165) is 13.1 Å². The van der Waals surface area contributed by atoms with Crippen molar-refractivity contribution < 1.29 is 9.46 Å². The Hall–Kier alpha value is 0.110. The SMILES string of the molecule is CCN1CCN(CC)P1(=O)O. The summed E-state index contributed by atoms with van der Waals surface area (Å²) in [5.41, 5.74) is 0. The van der Waals surface area contributed by atoms with Gasteiger partial charge in [-0.2, -0.15) is 0 Å². The first-order valence-corrected chi connectivity index (χ1v) is 5.53. The van der Waals surface area contributed by atoms with Crippen molar-refractivity contribution in [3.05, 3.63) is 0 Å². The van der Waals surface area contributed by atoms with E-state index in [1.807, 2.05) is 13.8 Å². The van der Waals surface area contributed by atoms with Crippen molar-refractivity contribution in [2.24, 2.45) is 0 Å². The molecule has 0 unspecified atom stereocenters. The molecule has 1 aliphatic heterocycles. The van der Waals surface area contributed by atoms with Crippen molar-refractivity contribution in [1.29, 1.82) is 0 Å². The van der Waals surface area contributed by atoms with E-state index in [1.165, 1.54) is 0 Å². The fourth-order valence-corrected chi connectivity index (χ4v) is 3.15. The molecular formula is C6H15N2O2P. The van der Waals surface area contributed by atoms with Crippen molar-refractivity contribution in [3.63, 3.8) is 0 Å². The number of rotatable bonds is 2. The van der Waals surface area contributed by atoms with Crippen molar-refractivity contribution in [2.75, 3.05) is 26.2 Å². The van der Waals surface area contributed by atoms with Gasteiger partial charge in [-0.3, -0.25) is 4.57 Å². The van der Waals surface area contributed by atoms with Crippen LogP contribution in [0.5, 0.6) is 0 Å². The zero-order valence-electron chi connectivity index (χ0n) is 7.03. The van der Waals surface area contributed by atoms with Gasteiger partial charge in [0.1, 0.15) is 0 Å². The second kappa shape index (κ2) is 3.23. The van der Waals surface area contributed by atoms with E-state index in [2.05, 4.69) is 0 Å². The van der Waals surface area contributed by atoms with E-state index in [0.29, 0.717) is 13.1 Å². The Bertz CT molecular complexity index is 169. The zero-order valence-corrected chi connectivity index (χ0v) is 7.92. The van der Waals surface area contributed by atoms with Crippen LogP contribution >= 0.6 is 7.67 Å². The maximum Gasteiger partial charge on any atom is 0.343 e. The molecule has 5 heteroatoms. The number of nitrogens with zero attached hydrogens (tertiary/aromatic N) is 2. The van der Waals surface area contributed by atoms with Crippen molar-refractivity contribution in [3.8, 4) is 0 Å². The summed E-state index contributed by atoms with van der Waals surface area (Å²) in [6, 6.07) is 0. The Morgan fingerprint density at radius 3 is 1.82 bits per heavy atom. The van der Waals surface area contributed by atoms with Crippen LogP contribution in [0, 0.1) is 0 Å². The lowest BCUT2D eigenvalue weighted by atomic mass is 10.6. The molecule has 1 N–H and O–H groups in total. The molecule has 1 saturated heterocycles. The topological polar surface area (TPSA) is 43.8 Å². The monoisotopic (exact) mass is 178 g/mol. The van der Waals surface area contributed by atoms with Gasteiger partial charge >= 0.3 is 7.67 Å². The molecule has 0 saturated carbocycles. The summed E-state index contributed by atoms with van der Waals surface area (Å²) in [6.07, 6.45) is 0. The summed E-state index contributed by atoms with van der Waals surface area (Å²) in [5.74, 6) is 0. The van der Waals surface area contributed by atoms with Gasteiger partial charge < -0.3 is 4.89 Å². The van der Waals surface area contributed by atoms with E-state index in [1.54, 1.807) is 9.34 Å². The van der Waals surface area contributed by atoms with Gasteiger partial charge in [-0.25, -0.2) is 9.34 Å². The summed E-state index contributed by atoms with van der Waals surface area (Å²) in [5, 5.41) is 0. The van der Waals surface area contributed by atoms with E-state index >= 15 is 0 Å². The molecular weight excluding hydrogens is 163 g/mol. The average molecular weight is 178 g/mol. The fourth-order valence-electron chi connectivity index (χ4n) is 1.35. The fraction of sp³-hybridized carbons (Fsp3) is 1.00. The summed E-state index contributed by atoms with van der Waals surface area (Å²) in [4.78, 5) is 9.52. The van der Waals surface area contributed by atoms with Crippen LogP contribution in [-0.2, 0) is 4.57 Å². The predicted octanol–water partition coefficient (Wildman–Crippen LogP) is 0.744. The summed E-state index contributed by atoms with van der Waals surface area (Å²) in [6.45, 7) is 6.56. The smallest absolute Gasteiger partial charge is 0.322 e. The highest BCUT2D eigenvalue weighted by Gasteiger charge is 2.39. The molecule has 0 bridgehead atoms. The van der Waals surface area contributed by atoms with Gasteiger partial charge in [0.2, 0.25) is 0 Å². The van der Waals surface area contributed by atoms with Crippen molar-refractivity contribution >= 4 is 7.67 Å². The Balaban J connectivity index is 2.72. The van der Waals surface area contributed by atoms with Crippen LogP contribution in [0.4, 0.5) is 0 Å². The van der Waals surface area contributed by atoms with Gasteiger partial charge in [-0.1, -0.05) is 13.8 Å². The molecule has 0 atom stereocenters. The minimum absolute atomic E-state index is 0.657. The first-order valence-electron chi connectivity index (χ1n) is 3.96. The van der Waals surface area contributed by atoms with Gasteiger partial charge in [0.25, 0.3) is 0 Å². The van der Waals surface area contributed by atoms with E-state index in [-0.39, 0.29) is 0 Å². The van der Waals surface area contributed by atoms with E-state index in [9.17, 15) is 9.46 Å². The molecule has 0 radical (unpaired) electrons. The molecule has 66 valence electrons. The standard InChI is InChI=1S/C6H15N2O2P/c1-3-7-5-6-8(4-2)11(7,9)10/h3-6H2,1-2H3,(H,9,10). The average Bonchev–Trinajstić information content (AvgIpc) is 2.24. The molecule has 0 aromatic carbocycles. The molecule has 0 amide bonds. The van der Waals surface area contributed by atoms with Crippen molar-refractivity contribution in [2.45, 2.75) is 13.8 Å². The Morgan fingerprint density at radius 2 is 1.64 bits per heavy atom. The summed E-state index contributed by atoms with van der Waals surface area (Å²) < 4.78 is 14.8. The molecule has 11 heavy (non-hydrogen) atoms. The largest absolute Gasteiger partial charge is 0.343 e. The molecule has 0 aromatic heterocycles. The molecule has 1 aliphatic rings. The molecule has 1 heterocycles. The van der Waals surface area contributed by atoms with Gasteiger partial charge in [-0.05, 0) is 0 Å². The Morgan fingerprint density at radius 1 is 1.27 bits per heavy atom. The summed E-state index contributed by atoms with van der Waals surface area (Å²) >= 11 is 0. The van der Waals surface area contributed by atoms with Crippen LogP contribution in [-0.4, -0.2) is 40.4 Å². The van der Waals surface area contributed by atoms with E-state index in [4.69, 9.17) is 0 Å². The van der Waals surface area contributed by atoms with Crippen LogP contribution in [0.1, 0.15) is 13.8 Å². The molecule has 0 spiro atoms. The van der Waals surface area contributed by atoms with Gasteiger partial charge in [-0.15, -0.1) is 0 Å². The third-order valence-corrected chi connectivity index (χ3v) is 4.52. The van der Waals surface area contributed by atoms with E-state index < -0.39 is 7.67 Å². The number of likely N-dealkylation sites (N-methyl/N-ethyl adjacent to an activating group) is 2. The van der Waals surface area contributed by atoms with Crippen LogP contribution in [0.2, 0.25) is 0 Å². The predicted molar refractivity (Wildman–Crippen MR) is 44.3 cm³/mol. The molecule has 1 fully saturated rings. The highest BCUT2D eigenvalue weighted by Crippen LogP contribution is 2.52. The minimum Gasteiger partial charge on any atom is -0.322 e. The van der Waals surface area contributed by atoms with Gasteiger partial charge in [0.05, 0.1) is 0 Å². The first kappa shape index (κ1) is 9.20. The summed E-state index contributed by atoms with van der Waals surface area (Å²) in [7, 11) is -3.10. The van der Waals surface area contributed by atoms with Crippen LogP contribution in [0.3, 0.4) is 0 Å². The van der Waals surface area contributed by atoms with Crippen molar-refractivity contribution in [1.82, 2.24) is 9.34 Å². The molecule has 0 aliphatic carbocycles. The highest BCUT2D eigenvalue weighted by molar-refractivity contribution is 7.53. The lowest BCUT2D eigenvalue weighted by Gasteiger charge is -2.22. The molecule has 1 rings (SSSR count). The zero-order chi connectivity index (χ0) is 8.48. The lowest BCUT2D eigenvalue weighted by Crippen LogP contribution is -2.18. The molecule has 4 nitrogen and oxygen atoms in total. The van der Waals surface area contributed by atoms with Crippen LogP contribution in [0.25, 0.3) is 0 Å². The van der Waals surface area contributed by atoms with Gasteiger partial charge in [0, 0.05) is 26.2 Å². The maximum atomic E-state index is 11.5. The number of hydrogen-bond acceptors (Lipinski definition) is 1. The van der Waals surface area contributed by atoms with Gasteiger partial charge in [0.15, 0.2) is 0 Å². The maximum absolute atomic E-state index is 11.5. The number of hydrogen-bond donors (Lipinski definition) is 1. The van der Waals surface area contributed by atoms with Crippen LogP contribution < -0.4 is 0 Å². The quantitative estimate of drug-likeness (QED) is 0.633. The Labute approximate surface area is 67.4 Å². The minimum atomic E-state index is -3.10. The highest BCUT2D eigenvalue weighted by atomic mass is 31.2. The third kappa shape index (κ3) is 1.49. The Kier molecular flexibility index (Phi) is 2.70.